The summed E-state index contributed by atoms with van der Waals surface area (Å²) in [6, 6.07) is 0.709. The molecule has 0 spiro atoms. The van der Waals surface area contributed by atoms with Gasteiger partial charge >= 0.3 is 0 Å². The molecule has 0 aromatic rings. The summed E-state index contributed by atoms with van der Waals surface area (Å²) in [4.78, 5) is 2.76. The van der Waals surface area contributed by atoms with Gasteiger partial charge in [0.1, 0.15) is 0 Å². The zero-order valence-corrected chi connectivity index (χ0v) is 15.5. The van der Waals surface area contributed by atoms with Crippen molar-refractivity contribution in [3.63, 3.8) is 0 Å². The van der Waals surface area contributed by atoms with Gasteiger partial charge in [0.15, 0.2) is 0 Å². The number of nitrogens with one attached hydrogen (secondary N) is 1. The predicted molar refractivity (Wildman–Crippen MR) is 96.2 cm³/mol. The maximum Gasteiger partial charge on any atom is 0.0172 e. The lowest BCUT2D eigenvalue weighted by Gasteiger charge is -2.47. The molecule has 2 nitrogen and oxygen atoms in total. The Morgan fingerprint density at radius 1 is 1.29 bits per heavy atom. The van der Waals surface area contributed by atoms with E-state index >= 15 is 0 Å². The van der Waals surface area contributed by atoms with Crippen LogP contribution in [0.1, 0.15) is 59.8 Å². The van der Waals surface area contributed by atoms with Gasteiger partial charge in [-0.15, -0.1) is 0 Å². The minimum absolute atomic E-state index is 0.465. The number of rotatable bonds is 6. The van der Waals surface area contributed by atoms with Crippen LogP contribution < -0.4 is 5.32 Å². The van der Waals surface area contributed by atoms with Gasteiger partial charge < -0.3 is 10.2 Å². The average Bonchev–Trinajstić information content (AvgIpc) is 2.46. The van der Waals surface area contributed by atoms with Gasteiger partial charge in [0.05, 0.1) is 0 Å². The molecule has 3 heteroatoms. The molecular formula is C18H36N2S. The smallest absolute Gasteiger partial charge is 0.0172 e. The summed E-state index contributed by atoms with van der Waals surface area (Å²) < 4.78 is 0. The molecule has 0 bridgehead atoms. The van der Waals surface area contributed by atoms with E-state index in [0.717, 1.165) is 11.2 Å². The van der Waals surface area contributed by atoms with Crippen molar-refractivity contribution in [3.8, 4) is 0 Å². The van der Waals surface area contributed by atoms with E-state index in [-0.39, 0.29) is 0 Å². The molecule has 3 unspecified atom stereocenters. The standard InChI is InChI=1S/C18H36N2S/c1-5-10-19-17-15(8-7-9-18(17,3)4)13-20-11-12-21-16(6-2)14-20/h15-17,19H,5-14H2,1-4H3. The van der Waals surface area contributed by atoms with Crippen molar-refractivity contribution in [2.45, 2.75) is 71.1 Å². The van der Waals surface area contributed by atoms with E-state index in [0.29, 0.717) is 11.5 Å². The SMILES string of the molecule is CCCNC1C(CN2CCSC(CC)C2)CCCC1(C)C. The predicted octanol–water partition coefficient (Wildman–Crippen LogP) is 4.01. The van der Waals surface area contributed by atoms with Gasteiger partial charge in [0, 0.05) is 36.7 Å². The Hall–Kier alpha value is 0.270. The van der Waals surface area contributed by atoms with Crippen LogP contribution in [-0.2, 0) is 0 Å². The highest BCUT2D eigenvalue weighted by molar-refractivity contribution is 8.00. The second-order valence-corrected chi connectivity index (χ2v) is 9.14. The Balaban J connectivity index is 1.95. The molecule has 1 saturated heterocycles. The summed E-state index contributed by atoms with van der Waals surface area (Å²) in [5.74, 6) is 2.18. The van der Waals surface area contributed by atoms with E-state index in [1.807, 2.05) is 0 Å². The Labute approximate surface area is 136 Å². The topological polar surface area (TPSA) is 15.3 Å². The molecule has 1 saturated carbocycles. The number of hydrogen-bond donors (Lipinski definition) is 1. The molecule has 1 aliphatic carbocycles. The third-order valence-electron chi connectivity index (χ3n) is 5.49. The fraction of sp³-hybridized carbons (Fsp3) is 1.00. The lowest BCUT2D eigenvalue weighted by atomic mass is 9.67. The van der Waals surface area contributed by atoms with Crippen molar-refractivity contribution < 1.29 is 0 Å². The normalized spacial score (nSPS) is 34.0. The fourth-order valence-corrected chi connectivity index (χ4v) is 5.49. The summed E-state index contributed by atoms with van der Waals surface area (Å²) in [5, 5.41) is 4.77. The molecule has 0 radical (unpaired) electrons. The number of hydrogen-bond acceptors (Lipinski definition) is 3. The van der Waals surface area contributed by atoms with Crippen LogP contribution in [0.3, 0.4) is 0 Å². The van der Waals surface area contributed by atoms with Gasteiger partial charge in [0.25, 0.3) is 0 Å². The van der Waals surface area contributed by atoms with Crippen LogP contribution in [0.2, 0.25) is 0 Å². The third kappa shape index (κ3) is 4.87. The molecule has 0 aromatic carbocycles. The van der Waals surface area contributed by atoms with Crippen molar-refractivity contribution in [2.75, 3.05) is 31.9 Å². The molecule has 1 aliphatic heterocycles. The van der Waals surface area contributed by atoms with Crippen LogP contribution in [0.15, 0.2) is 0 Å². The first-order valence-corrected chi connectivity index (χ1v) is 10.2. The van der Waals surface area contributed by atoms with E-state index in [4.69, 9.17) is 0 Å². The van der Waals surface area contributed by atoms with Gasteiger partial charge in [-0.25, -0.2) is 0 Å². The molecule has 2 rings (SSSR count). The Kier molecular flexibility index (Phi) is 6.89. The molecule has 2 aliphatic rings. The van der Waals surface area contributed by atoms with Crippen molar-refractivity contribution >= 4 is 11.8 Å². The quantitative estimate of drug-likeness (QED) is 0.798. The summed E-state index contributed by atoms with van der Waals surface area (Å²) in [7, 11) is 0. The van der Waals surface area contributed by atoms with Crippen LogP contribution in [0.5, 0.6) is 0 Å². The van der Waals surface area contributed by atoms with Crippen molar-refractivity contribution in [1.82, 2.24) is 10.2 Å². The van der Waals surface area contributed by atoms with Gasteiger partial charge in [-0.2, -0.15) is 11.8 Å². The highest BCUT2D eigenvalue weighted by atomic mass is 32.2. The van der Waals surface area contributed by atoms with Crippen LogP contribution >= 0.6 is 11.8 Å². The molecule has 1 N–H and O–H groups in total. The van der Waals surface area contributed by atoms with Crippen LogP contribution in [-0.4, -0.2) is 48.1 Å². The van der Waals surface area contributed by atoms with E-state index in [2.05, 4.69) is 49.7 Å². The maximum atomic E-state index is 3.89. The lowest BCUT2D eigenvalue weighted by molar-refractivity contribution is 0.0795. The van der Waals surface area contributed by atoms with Crippen molar-refractivity contribution in [1.29, 1.82) is 0 Å². The molecule has 2 fully saturated rings. The van der Waals surface area contributed by atoms with Crippen molar-refractivity contribution in [3.05, 3.63) is 0 Å². The van der Waals surface area contributed by atoms with E-state index in [1.165, 1.54) is 64.0 Å². The Bertz CT molecular complexity index is 306. The Morgan fingerprint density at radius 2 is 2.10 bits per heavy atom. The molecule has 124 valence electrons. The molecule has 0 aromatic heterocycles. The van der Waals surface area contributed by atoms with Gasteiger partial charge in [-0.05, 0) is 43.6 Å². The molecular weight excluding hydrogens is 276 g/mol. The second kappa shape index (κ2) is 8.21. The van der Waals surface area contributed by atoms with E-state index in [1.54, 1.807) is 0 Å². The number of thioether (sulfide) groups is 1. The summed E-state index contributed by atoms with van der Waals surface area (Å²) in [5.41, 5.74) is 0.465. The fourth-order valence-electron chi connectivity index (χ4n) is 4.24. The molecule has 21 heavy (non-hydrogen) atoms. The zero-order chi connectivity index (χ0) is 15.3. The third-order valence-corrected chi connectivity index (χ3v) is 6.87. The summed E-state index contributed by atoms with van der Waals surface area (Å²) in [6.07, 6.45) is 6.80. The van der Waals surface area contributed by atoms with E-state index < -0.39 is 0 Å². The first-order valence-electron chi connectivity index (χ1n) is 9.14. The summed E-state index contributed by atoms with van der Waals surface area (Å²) >= 11 is 2.19. The average molecular weight is 313 g/mol. The maximum absolute atomic E-state index is 3.89. The van der Waals surface area contributed by atoms with Crippen LogP contribution in [0.4, 0.5) is 0 Å². The van der Waals surface area contributed by atoms with Gasteiger partial charge in [-0.3, -0.25) is 0 Å². The second-order valence-electron chi connectivity index (χ2n) is 7.73. The highest BCUT2D eigenvalue weighted by Gasteiger charge is 2.39. The van der Waals surface area contributed by atoms with Gasteiger partial charge in [0.2, 0.25) is 0 Å². The first-order chi connectivity index (χ1) is 10.1. The zero-order valence-electron chi connectivity index (χ0n) is 14.7. The monoisotopic (exact) mass is 312 g/mol. The molecule has 3 atom stereocenters. The summed E-state index contributed by atoms with van der Waals surface area (Å²) in [6.45, 7) is 14.7. The largest absolute Gasteiger partial charge is 0.313 e. The lowest BCUT2D eigenvalue weighted by Crippen LogP contribution is -2.54. The first kappa shape index (κ1) is 17.6. The van der Waals surface area contributed by atoms with Crippen LogP contribution in [0, 0.1) is 11.3 Å². The van der Waals surface area contributed by atoms with Crippen LogP contribution in [0.25, 0.3) is 0 Å². The highest BCUT2D eigenvalue weighted by Crippen LogP contribution is 2.39. The minimum Gasteiger partial charge on any atom is -0.313 e. The number of nitrogens with zero attached hydrogens (tertiary/aromatic N) is 1. The molecule has 0 amide bonds. The van der Waals surface area contributed by atoms with E-state index in [9.17, 15) is 0 Å². The van der Waals surface area contributed by atoms with Crippen molar-refractivity contribution in [2.24, 2.45) is 11.3 Å². The van der Waals surface area contributed by atoms with Gasteiger partial charge in [-0.1, -0.05) is 34.1 Å². The Morgan fingerprint density at radius 3 is 2.81 bits per heavy atom. The minimum atomic E-state index is 0.465. The molecule has 1 heterocycles.